The van der Waals surface area contributed by atoms with Crippen LogP contribution in [0.2, 0.25) is 0 Å². The van der Waals surface area contributed by atoms with E-state index in [0.29, 0.717) is 6.54 Å². The number of anilines is 1. The minimum Gasteiger partial charge on any atom is -0.468 e. The smallest absolute Gasteiger partial charge is 0.321 e. The summed E-state index contributed by atoms with van der Waals surface area (Å²) >= 11 is 3.26. The second-order valence-electron chi connectivity index (χ2n) is 3.75. The summed E-state index contributed by atoms with van der Waals surface area (Å²) in [7, 11) is 1.38. The molecule has 1 rings (SSSR count). The van der Waals surface area contributed by atoms with Gasteiger partial charge in [0, 0.05) is 12.2 Å². The summed E-state index contributed by atoms with van der Waals surface area (Å²) in [5.74, 6) is -0.267. The number of alkyl halides is 1. The number of hydrogen-bond donors (Lipinski definition) is 1. The lowest BCUT2D eigenvalue weighted by atomic mass is 10.1. The van der Waals surface area contributed by atoms with Gasteiger partial charge in [0.05, 0.1) is 7.11 Å². The van der Waals surface area contributed by atoms with Crippen molar-refractivity contribution in [3.05, 3.63) is 29.3 Å². The van der Waals surface area contributed by atoms with Gasteiger partial charge in [0.1, 0.15) is 4.83 Å². The number of esters is 1. The van der Waals surface area contributed by atoms with Crippen LogP contribution in [0.5, 0.6) is 0 Å². The number of methoxy groups -OCH3 is 1. The standard InChI is InChI=1S/C12H16BrNO2/c1-8-4-9(2)6-10(5-8)14-7-11(13)12(15)16-3/h4-6,11,14H,7H2,1-3H3. The van der Waals surface area contributed by atoms with Gasteiger partial charge in [-0.25, -0.2) is 0 Å². The first-order valence-corrected chi connectivity index (χ1v) is 5.98. The Balaban J connectivity index is 2.57. The Bertz CT molecular complexity index is 359. The van der Waals surface area contributed by atoms with Crippen LogP contribution in [0.3, 0.4) is 0 Å². The Kier molecular flexibility index (Phi) is 4.80. The summed E-state index contributed by atoms with van der Waals surface area (Å²) in [6.45, 7) is 4.60. The molecular weight excluding hydrogens is 270 g/mol. The molecule has 0 spiro atoms. The fourth-order valence-electron chi connectivity index (χ4n) is 1.50. The third-order valence-corrected chi connectivity index (χ3v) is 2.86. The van der Waals surface area contributed by atoms with E-state index in [2.05, 4.69) is 32.0 Å². The van der Waals surface area contributed by atoms with Crippen molar-refractivity contribution < 1.29 is 9.53 Å². The number of rotatable bonds is 4. The SMILES string of the molecule is COC(=O)C(Br)CNc1cc(C)cc(C)c1. The molecule has 0 aliphatic carbocycles. The lowest BCUT2D eigenvalue weighted by Crippen LogP contribution is -2.24. The predicted octanol–water partition coefficient (Wildman–Crippen LogP) is 2.65. The van der Waals surface area contributed by atoms with E-state index in [1.807, 2.05) is 26.0 Å². The summed E-state index contributed by atoms with van der Waals surface area (Å²) in [5, 5.41) is 3.19. The van der Waals surface area contributed by atoms with Crippen molar-refractivity contribution in [2.45, 2.75) is 18.7 Å². The number of carbonyl (C=O) groups is 1. The fourth-order valence-corrected chi connectivity index (χ4v) is 1.84. The third-order valence-electron chi connectivity index (χ3n) is 2.16. The van der Waals surface area contributed by atoms with Crippen molar-refractivity contribution in [2.24, 2.45) is 0 Å². The summed E-state index contributed by atoms with van der Waals surface area (Å²) in [4.78, 5) is 10.8. The van der Waals surface area contributed by atoms with Crippen LogP contribution in [0.15, 0.2) is 18.2 Å². The molecule has 0 aliphatic heterocycles. The summed E-state index contributed by atoms with van der Waals surface area (Å²) in [6, 6.07) is 6.20. The van der Waals surface area contributed by atoms with Crippen molar-refractivity contribution in [2.75, 3.05) is 19.0 Å². The number of carbonyl (C=O) groups excluding carboxylic acids is 1. The molecule has 0 amide bonds. The van der Waals surface area contributed by atoms with Gasteiger partial charge in [0.25, 0.3) is 0 Å². The van der Waals surface area contributed by atoms with Crippen molar-refractivity contribution in [3.63, 3.8) is 0 Å². The quantitative estimate of drug-likeness (QED) is 0.683. The van der Waals surface area contributed by atoms with Crippen LogP contribution in [-0.4, -0.2) is 24.5 Å². The molecule has 4 heteroatoms. The van der Waals surface area contributed by atoms with Crippen LogP contribution in [0.25, 0.3) is 0 Å². The van der Waals surface area contributed by atoms with Gasteiger partial charge in [-0.1, -0.05) is 22.0 Å². The van der Waals surface area contributed by atoms with Crippen LogP contribution in [0, 0.1) is 13.8 Å². The Morgan fingerprint density at radius 3 is 2.44 bits per heavy atom. The highest BCUT2D eigenvalue weighted by molar-refractivity contribution is 9.10. The molecular formula is C12H16BrNO2. The molecule has 0 bridgehead atoms. The van der Waals surface area contributed by atoms with E-state index < -0.39 is 0 Å². The first-order chi connectivity index (χ1) is 7.52. The first kappa shape index (κ1) is 13.0. The van der Waals surface area contributed by atoms with Crippen molar-refractivity contribution in [1.82, 2.24) is 0 Å². The first-order valence-electron chi connectivity index (χ1n) is 5.07. The van der Waals surface area contributed by atoms with Crippen LogP contribution >= 0.6 is 15.9 Å². The van der Waals surface area contributed by atoms with E-state index in [1.165, 1.54) is 18.2 Å². The Morgan fingerprint density at radius 2 is 1.94 bits per heavy atom. The average molecular weight is 286 g/mol. The number of ether oxygens (including phenoxy) is 1. The minimum absolute atomic E-state index is 0.267. The zero-order chi connectivity index (χ0) is 12.1. The maximum Gasteiger partial charge on any atom is 0.321 e. The van der Waals surface area contributed by atoms with Gasteiger partial charge in [-0.05, 0) is 37.1 Å². The van der Waals surface area contributed by atoms with E-state index in [-0.39, 0.29) is 10.8 Å². The molecule has 1 unspecified atom stereocenters. The molecule has 0 radical (unpaired) electrons. The topological polar surface area (TPSA) is 38.3 Å². The minimum atomic E-state index is -0.321. The highest BCUT2D eigenvalue weighted by atomic mass is 79.9. The van der Waals surface area contributed by atoms with Crippen LogP contribution in [0.1, 0.15) is 11.1 Å². The lowest BCUT2D eigenvalue weighted by molar-refractivity contribution is -0.139. The summed E-state index contributed by atoms with van der Waals surface area (Å²) in [5.41, 5.74) is 3.42. The molecule has 1 aromatic carbocycles. The number of aryl methyl sites for hydroxylation is 2. The molecule has 1 atom stereocenters. The number of nitrogens with one attached hydrogen (secondary N) is 1. The largest absolute Gasteiger partial charge is 0.468 e. The number of benzene rings is 1. The predicted molar refractivity (Wildman–Crippen MR) is 69.1 cm³/mol. The molecule has 0 aliphatic rings. The van der Waals surface area contributed by atoms with E-state index in [1.54, 1.807) is 0 Å². The average Bonchev–Trinajstić information content (AvgIpc) is 2.23. The van der Waals surface area contributed by atoms with Gasteiger partial charge >= 0.3 is 5.97 Å². The molecule has 0 saturated carbocycles. The Morgan fingerprint density at radius 1 is 1.38 bits per heavy atom. The molecule has 16 heavy (non-hydrogen) atoms. The number of halogens is 1. The Hall–Kier alpha value is -1.03. The lowest BCUT2D eigenvalue weighted by Gasteiger charge is -2.11. The van der Waals surface area contributed by atoms with E-state index in [9.17, 15) is 4.79 Å². The van der Waals surface area contributed by atoms with Gasteiger partial charge in [0.15, 0.2) is 0 Å². The zero-order valence-corrected chi connectivity index (χ0v) is 11.3. The van der Waals surface area contributed by atoms with Crippen LogP contribution < -0.4 is 5.32 Å². The molecule has 0 heterocycles. The second kappa shape index (κ2) is 5.89. The highest BCUT2D eigenvalue weighted by Crippen LogP contribution is 2.14. The van der Waals surface area contributed by atoms with E-state index in [0.717, 1.165) is 5.69 Å². The molecule has 0 saturated heterocycles. The maximum absolute atomic E-state index is 11.2. The molecule has 3 nitrogen and oxygen atoms in total. The summed E-state index contributed by atoms with van der Waals surface area (Å²) < 4.78 is 4.62. The fraction of sp³-hybridized carbons (Fsp3) is 0.417. The zero-order valence-electron chi connectivity index (χ0n) is 9.71. The molecule has 0 fully saturated rings. The van der Waals surface area contributed by atoms with Crippen molar-refractivity contribution in [3.8, 4) is 0 Å². The normalized spacial score (nSPS) is 12.0. The van der Waals surface area contributed by atoms with Crippen LogP contribution in [0.4, 0.5) is 5.69 Å². The van der Waals surface area contributed by atoms with Crippen molar-refractivity contribution >= 4 is 27.6 Å². The highest BCUT2D eigenvalue weighted by Gasteiger charge is 2.14. The molecule has 0 aromatic heterocycles. The second-order valence-corrected chi connectivity index (χ2v) is 4.85. The molecule has 1 N–H and O–H groups in total. The van der Waals surface area contributed by atoms with Gasteiger partial charge in [0.2, 0.25) is 0 Å². The van der Waals surface area contributed by atoms with Gasteiger partial charge in [-0.15, -0.1) is 0 Å². The van der Waals surface area contributed by atoms with Crippen molar-refractivity contribution in [1.29, 1.82) is 0 Å². The molecule has 1 aromatic rings. The third kappa shape index (κ3) is 3.85. The van der Waals surface area contributed by atoms with Gasteiger partial charge in [-0.2, -0.15) is 0 Å². The monoisotopic (exact) mass is 285 g/mol. The molecule has 88 valence electrons. The van der Waals surface area contributed by atoms with E-state index in [4.69, 9.17) is 0 Å². The van der Waals surface area contributed by atoms with Gasteiger partial charge < -0.3 is 10.1 Å². The maximum atomic E-state index is 11.2. The summed E-state index contributed by atoms with van der Waals surface area (Å²) in [6.07, 6.45) is 0. The van der Waals surface area contributed by atoms with Gasteiger partial charge in [-0.3, -0.25) is 4.79 Å². The Labute approximate surface area is 104 Å². The van der Waals surface area contributed by atoms with Crippen LogP contribution in [-0.2, 0) is 9.53 Å². The number of hydrogen-bond acceptors (Lipinski definition) is 3. The van der Waals surface area contributed by atoms with E-state index >= 15 is 0 Å².